The van der Waals surface area contributed by atoms with Crippen LogP contribution in [0.1, 0.15) is 94.5 Å². The predicted molar refractivity (Wildman–Crippen MR) is 140 cm³/mol. The fourth-order valence-corrected chi connectivity index (χ4v) is 6.04. The maximum absolute atomic E-state index is 11.3. The highest BCUT2D eigenvalue weighted by molar-refractivity contribution is 7.48. The second-order valence-corrected chi connectivity index (χ2v) is 11.7. The smallest absolute Gasteiger partial charge is 0.122 e. The van der Waals surface area contributed by atoms with Crippen LogP contribution in [0.15, 0.2) is 35.3 Å². The molecule has 0 heterocycles. The van der Waals surface area contributed by atoms with Crippen LogP contribution in [0.5, 0.6) is 5.75 Å². The van der Waals surface area contributed by atoms with Gasteiger partial charge in [0.1, 0.15) is 5.75 Å². The highest BCUT2D eigenvalue weighted by Crippen LogP contribution is 2.52. The van der Waals surface area contributed by atoms with Gasteiger partial charge in [0.25, 0.3) is 0 Å². The van der Waals surface area contributed by atoms with E-state index in [1.807, 2.05) is 20.2 Å². The summed E-state index contributed by atoms with van der Waals surface area (Å²) in [4.78, 5) is 4.32. The Hall–Kier alpha value is -1.66. The van der Waals surface area contributed by atoms with E-state index in [1.165, 1.54) is 41.3 Å². The Morgan fingerprint density at radius 1 is 1.03 bits per heavy atom. The fraction of sp³-hybridized carbons (Fsp3) is 0.536. The molecular formula is C28H42NOP. The summed E-state index contributed by atoms with van der Waals surface area (Å²) >= 11 is 0. The van der Waals surface area contributed by atoms with Crippen LogP contribution in [0.25, 0.3) is 0 Å². The second kappa shape index (κ2) is 10.8. The van der Waals surface area contributed by atoms with Crippen molar-refractivity contribution in [3.63, 3.8) is 0 Å². The lowest BCUT2D eigenvalue weighted by atomic mass is 9.80. The second-order valence-electron chi connectivity index (χ2n) is 9.94. The summed E-state index contributed by atoms with van der Waals surface area (Å²) in [5, 5.41) is 12.6. The summed E-state index contributed by atoms with van der Waals surface area (Å²) < 4.78 is 0. The molecule has 0 aliphatic rings. The molecule has 0 bridgehead atoms. The number of aliphatic imine (C=N–C) groups is 1. The van der Waals surface area contributed by atoms with E-state index < -0.39 is 0 Å². The summed E-state index contributed by atoms with van der Waals surface area (Å²) in [6, 6.07) is 11.2. The number of rotatable bonds is 9. The minimum absolute atomic E-state index is 0.0448. The summed E-state index contributed by atoms with van der Waals surface area (Å²) in [6.45, 7) is 15.5. The zero-order valence-electron chi connectivity index (χ0n) is 20.9. The van der Waals surface area contributed by atoms with Crippen molar-refractivity contribution < 1.29 is 5.11 Å². The molecule has 0 saturated carbocycles. The van der Waals surface area contributed by atoms with E-state index in [1.54, 1.807) is 0 Å². The minimum atomic E-state index is -0.0726. The lowest BCUT2D eigenvalue weighted by Crippen LogP contribution is -2.25. The number of nitrogens with zero attached hydrogens (tertiary/aromatic N) is 1. The van der Waals surface area contributed by atoms with Crippen molar-refractivity contribution in [2.75, 3.05) is 7.05 Å². The fourth-order valence-electron chi connectivity index (χ4n) is 4.27. The summed E-state index contributed by atoms with van der Waals surface area (Å²) in [6.07, 6.45) is 7.69. The highest BCUT2D eigenvalue weighted by Gasteiger charge is 2.35. The first-order chi connectivity index (χ1) is 14.6. The van der Waals surface area contributed by atoms with Gasteiger partial charge in [0.15, 0.2) is 0 Å². The van der Waals surface area contributed by atoms with Crippen LogP contribution in [0, 0.1) is 13.8 Å². The topological polar surface area (TPSA) is 32.6 Å². The van der Waals surface area contributed by atoms with E-state index in [-0.39, 0.29) is 10.6 Å². The van der Waals surface area contributed by atoms with Crippen LogP contribution in [0.2, 0.25) is 0 Å². The van der Waals surface area contributed by atoms with Gasteiger partial charge in [-0.25, -0.2) is 0 Å². The van der Waals surface area contributed by atoms with Crippen molar-refractivity contribution >= 4 is 20.1 Å². The van der Waals surface area contributed by atoms with Gasteiger partial charge >= 0.3 is 0 Å². The minimum Gasteiger partial charge on any atom is -0.507 e. The van der Waals surface area contributed by atoms with Crippen LogP contribution < -0.4 is 5.30 Å². The number of hydrogen-bond donors (Lipinski definition) is 1. The molecule has 2 atom stereocenters. The van der Waals surface area contributed by atoms with Crippen molar-refractivity contribution in [2.45, 2.75) is 91.1 Å². The molecule has 2 aromatic rings. The van der Waals surface area contributed by atoms with Crippen molar-refractivity contribution in [3.8, 4) is 5.75 Å². The van der Waals surface area contributed by atoms with Gasteiger partial charge in [-0.3, -0.25) is 4.99 Å². The van der Waals surface area contributed by atoms with Crippen LogP contribution >= 0.6 is 8.58 Å². The van der Waals surface area contributed by atoms with Gasteiger partial charge in [-0.1, -0.05) is 92.3 Å². The average molecular weight is 440 g/mol. The first kappa shape index (κ1) is 25.6. The molecule has 2 aromatic carbocycles. The molecule has 0 radical (unpaired) electrons. The maximum Gasteiger partial charge on any atom is 0.122 e. The number of unbranched alkanes of at least 4 members (excludes halogenated alkanes) is 2. The molecule has 2 rings (SSSR count). The van der Waals surface area contributed by atoms with Gasteiger partial charge in [-0.15, -0.1) is 0 Å². The third kappa shape index (κ3) is 6.19. The lowest BCUT2D eigenvalue weighted by molar-refractivity contribution is 0.431. The Balaban J connectivity index is 2.70. The number of aryl methyl sites for hydroxylation is 2. The molecular weight excluding hydrogens is 397 g/mol. The van der Waals surface area contributed by atoms with Gasteiger partial charge in [-0.2, -0.15) is 0 Å². The monoisotopic (exact) mass is 439 g/mol. The van der Waals surface area contributed by atoms with Crippen molar-refractivity contribution in [1.82, 2.24) is 0 Å². The van der Waals surface area contributed by atoms with Crippen molar-refractivity contribution in [2.24, 2.45) is 4.99 Å². The Morgan fingerprint density at radius 3 is 2.32 bits per heavy atom. The van der Waals surface area contributed by atoms with E-state index in [9.17, 15) is 5.11 Å². The molecule has 0 aliphatic carbocycles. The standard InChI is InChI=1S/C28H42NOP/c1-9-11-12-15-28(10-2,31-25-14-13-20(3)16-22(25)19-29-8)24-18-23(27(5,6)7)17-21(4)26(24)30/h13-14,16-19,30-31H,9-12,15H2,1-8H3/b29-19+. The zero-order chi connectivity index (χ0) is 23.2. The normalized spacial score (nSPS) is 14.6. The maximum atomic E-state index is 11.3. The predicted octanol–water partition coefficient (Wildman–Crippen LogP) is 7.54. The molecule has 2 unspecified atom stereocenters. The van der Waals surface area contributed by atoms with E-state index >= 15 is 0 Å². The van der Waals surface area contributed by atoms with E-state index in [0.717, 1.165) is 24.0 Å². The van der Waals surface area contributed by atoms with Crippen molar-refractivity contribution in [3.05, 3.63) is 58.1 Å². The molecule has 0 aliphatic heterocycles. The summed E-state index contributed by atoms with van der Waals surface area (Å²) in [5.74, 6) is 0.483. The SMILES string of the molecule is CCCCCC(CC)(Pc1ccc(C)cc1/C=N/C)c1cc(C(C)(C)C)cc(C)c1O. The van der Waals surface area contributed by atoms with Crippen LogP contribution in [0.3, 0.4) is 0 Å². The number of aromatic hydroxyl groups is 1. The van der Waals surface area contributed by atoms with E-state index in [2.05, 4.69) is 76.9 Å². The molecule has 3 heteroatoms. The Labute approximate surface area is 192 Å². The molecule has 0 spiro atoms. The third-order valence-corrected chi connectivity index (χ3v) is 8.42. The first-order valence-corrected chi connectivity index (χ1v) is 12.7. The van der Waals surface area contributed by atoms with Crippen LogP contribution in [-0.4, -0.2) is 18.4 Å². The Bertz CT molecular complexity index is 910. The largest absolute Gasteiger partial charge is 0.507 e. The van der Waals surface area contributed by atoms with Crippen LogP contribution in [0.4, 0.5) is 0 Å². The Morgan fingerprint density at radius 2 is 1.74 bits per heavy atom. The number of hydrogen-bond acceptors (Lipinski definition) is 2. The molecule has 0 fully saturated rings. The number of benzene rings is 2. The van der Waals surface area contributed by atoms with Crippen molar-refractivity contribution in [1.29, 1.82) is 0 Å². The average Bonchev–Trinajstić information content (AvgIpc) is 2.70. The molecule has 0 amide bonds. The summed E-state index contributed by atoms with van der Waals surface area (Å²) in [7, 11) is 2.42. The lowest BCUT2D eigenvalue weighted by Gasteiger charge is -2.37. The third-order valence-electron chi connectivity index (χ3n) is 6.34. The molecule has 0 saturated heterocycles. The Kier molecular flexibility index (Phi) is 8.90. The molecule has 2 nitrogen and oxygen atoms in total. The molecule has 1 N–H and O–H groups in total. The van der Waals surface area contributed by atoms with E-state index in [4.69, 9.17) is 0 Å². The molecule has 170 valence electrons. The summed E-state index contributed by atoms with van der Waals surface area (Å²) in [5.41, 5.74) is 5.93. The number of phenolic OH excluding ortho intramolecular Hbond substituents is 1. The highest BCUT2D eigenvalue weighted by atomic mass is 31.1. The van der Waals surface area contributed by atoms with Gasteiger partial charge in [0.05, 0.1) is 0 Å². The zero-order valence-corrected chi connectivity index (χ0v) is 21.9. The number of phenols is 1. The van der Waals surface area contributed by atoms with Gasteiger partial charge in [-0.05, 0) is 60.2 Å². The van der Waals surface area contributed by atoms with E-state index in [0.29, 0.717) is 14.3 Å². The molecule has 0 aromatic heterocycles. The first-order valence-electron chi connectivity index (χ1n) is 11.7. The molecule has 31 heavy (non-hydrogen) atoms. The van der Waals surface area contributed by atoms with Crippen LogP contribution in [-0.2, 0) is 10.6 Å². The quantitative estimate of drug-likeness (QED) is 0.244. The van der Waals surface area contributed by atoms with Gasteiger partial charge in [0, 0.05) is 24.0 Å². The van der Waals surface area contributed by atoms with Gasteiger partial charge < -0.3 is 5.11 Å². The van der Waals surface area contributed by atoms with Gasteiger partial charge in [0.2, 0.25) is 0 Å².